The summed E-state index contributed by atoms with van der Waals surface area (Å²) >= 11 is 0. The Morgan fingerprint density at radius 3 is 0.740 bits per heavy atom. The summed E-state index contributed by atoms with van der Waals surface area (Å²) in [5.74, 6) is -0.850. The van der Waals surface area contributed by atoms with Crippen LogP contribution in [-0.4, -0.2) is 37.2 Å². The van der Waals surface area contributed by atoms with Crippen molar-refractivity contribution in [3.63, 3.8) is 0 Å². The SMILES string of the molecule is CCCCC/C=C\C/C=C\CCCCCCCCCCCC(=O)OC(COC(=O)CCCCCCCCCCCCCCC)COC(=O)CCCCCCCCCCCCCCCCC/C=C\C/C=C\CCCCCCC. The third kappa shape index (κ3) is 64.1. The van der Waals surface area contributed by atoms with E-state index in [4.69, 9.17) is 14.2 Å². The zero-order chi connectivity index (χ0) is 55.7. The van der Waals surface area contributed by atoms with Crippen LogP contribution < -0.4 is 0 Å². The monoisotopic (exact) mass is 1080 g/mol. The van der Waals surface area contributed by atoms with Gasteiger partial charge in [-0.05, 0) is 83.5 Å². The molecular formula is C71H130O6. The molecule has 0 radical (unpaired) electrons. The summed E-state index contributed by atoms with van der Waals surface area (Å²) < 4.78 is 17.0. The molecule has 0 aliphatic carbocycles. The number of carbonyl (C=O) groups is 3. The van der Waals surface area contributed by atoms with Gasteiger partial charge in [0, 0.05) is 19.3 Å². The molecule has 0 saturated heterocycles. The zero-order valence-electron chi connectivity index (χ0n) is 51.7. The molecule has 0 bridgehead atoms. The first-order valence-corrected chi connectivity index (χ1v) is 34.1. The molecule has 0 amide bonds. The van der Waals surface area contributed by atoms with Crippen molar-refractivity contribution in [3.05, 3.63) is 48.6 Å². The van der Waals surface area contributed by atoms with Gasteiger partial charge in [-0.1, -0.05) is 313 Å². The van der Waals surface area contributed by atoms with Gasteiger partial charge in [0.1, 0.15) is 13.2 Å². The van der Waals surface area contributed by atoms with E-state index in [1.807, 2.05) is 0 Å². The van der Waals surface area contributed by atoms with Crippen LogP contribution in [0.2, 0.25) is 0 Å². The first kappa shape index (κ1) is 74.4. The van der Waals surface area contributed by atoms with E-state index >= 15 is 0 Å². The largest absolute Gasteiger partial charge is 0.462 e. The van der Waals surface area contributed by atoms with Crippen LogP contribution in [0.5, 0.6) is 0 Å². The van der Waals surface area contributed by atoms with Crippen LogP contribution >= 0.6 is 0 Å². The van der Waals surface area contributed by atoms with Crippen molar-refractivity contribution in [2.45, 2.75) is 374 Å². The quantitative estimate of drug-likeness (QED) is 0.0261. The van der Waals surface area contributed by atoms with Crippen molar-refractivity contribution in [3.8, 4) is 0 Å². The van der Waals surface area contributed by atoms with Gasteiger partial charge in [-0.25, -0.2) is 0 Å². The average Bonchev–Trinajstić information content (AvgIpc) is 3.43. The number of rotatable bonds is 63. The first-order valence-electron chi connectivity index (χ1n) is 34.1. The number of hydrogen-bond donors (Lipinski definition) is 0. The molecule has 450 valence electrons. The zero-order valence-corrected chi connectivity index (χ0v) is 51.7. The van der Waals surface area contributed by atoms with Crippen LogP contribution in [0, 0.1) is 0 Å². The Kier molecular flexibility index (Phi) is 63.6. The molecular weight excluding hydrogens is 949 g/mol. The van der Waals surface area contributed by atoms with Gasteiger partial charge in [0.05, 0.1) is 0 Å². The number of esters is 3. The summed E-state index contributed by atoms with van der Waals surface area (Å²) in [6.07, 6.45) is 82.7. The lowest BCUT2D eigenvalue weighted by Gasteiger charge is -2.18. The predicted octanol–water partition coefficient (Wildman–Crippen LogP) is 23.3. The molecule has 77 heavy (non-hydrogen) atoms. The van der Waals surface area contributed by atoms with Crippen molar-refractivity contribution < 1.29 is 28.6 Å². The fourth-order valence-corrected chi connectivity index (χ4v) is 10.2. The Labute approximate surface area is 479 Å². The Balaban J connectivity index is 4.23. The van der Waals surface area contributed by atoms with Crippen LogP contribution in [0.1, 0.15) is 367 Å². The summed E-state index contributed by atoms with van der Waals surface area (Å²) in [6.45, 7) is 6.66. The van der Waals surface area contributed by atoms with Crippen LogP contribution in [0.15, 0.2) is 48.6 Å². The lowest BCUT2D eigenvalue weighted by atomic mass is 10.0. The van der Waals surface area contributed by atoms with Gasteiger partial charge in [-0.15, -0.1) is 0 Å². The normalized spacial score (nSPS) is 12.3. The Morgan fingerprint density at radius 1 is 0.260 bits per heavy atom. The van der Waals surface area contributed by atoms with E-state index in [1.165, 1.54) is 257 Å². The van der Waals surface area contributed by atoms with Crippen LogP contribution in [-0.2, 0) is 28.6 Å². The molecule has 0 fully saturated rings. The van der Waals surface area contributed by atoms with Crippen LogP contribution in [0.3, 0.4) is 0 Å². The molecule has 6 heteroatoms. The maximum absolute atomic E-state index is 12.9. The molecule has 1 atom stereocenters. The van der Waals surface area contributed by atoms with Crippen LogP contribution in [0.4, 0.5) is 0 Å². The molecule has 6 nitrogen and oxygen atoms in total. The number of allylic oxidation sites excluding steroid dienone is 8. The highest BCUT2D eigenvalue weighted by atomic mass is 16.6. The second-order valence-corrected chi connectivity index (χ2v) is 23.1. The topological polar surface area (TPSA) is 78.9 Å². The fraction of sp³-hybridized carbons (Fsp3) is 0.845. The Bertz CT molecular complexity index is 1330. The van der Waals surface area contributed by atoms with Crippen molar-refractivity contribution in [2.24, 2.45) is 0 Å². The first-order chi connectivity index (χ1) is 38.0. The second-order valence-electron chi connectivity index (χ2n) is 23.1. The summed E-state index contributed by atoms with van der Waals surface area (Å²) in [5, 5.41) is 0. The second kappa shape index (κ2) is 65.9. The Hall–Kier alpha value is -2.63. The molecule has 0 aromatic rings. The van der Waals surface area contributed by atoms with E-state index in [-0.39, 0.29) is 31.1 Å². The summed E-state index contributed by atoms with van der Waals surface area (Å²) in [6, 6.07) is 0. The Morgan fingerprint density at radius 2 is 0.468 bits per heavy atom. The molecule has 0 aliphatic rings. The van der Waals surface area contributed by atoms with Crippen LogP contribution in [0.25, 0.3) is 0 Å². The summed E-state index contributed by atoms with van der Waals surface area (Å²) in [5.41, 5.74) is 0. The lowest BCUT2D eigenvalue weighted by Crippen LogP contribution is -2.30. The van der Waals surface area contributed by atoms with E-state index in [0.717, 1.165) is 70.6 Å². The van der Waals surface area contributed by atoms with Crippen molar-refractivity contribution >= 4 is 17.9 Å². The molecule has 0 saturated carbocycles. The van der Waals surface area contributed by atoms with E-state index in [0.29, 0.717) is 19.3 Å². The number of hydrogen-bond acceptors (Lipinski definition) is 6. The maximum atomic E-state index is 12.9. The summed E-state index contributed by atoms with van der Waals surface area (Å²) in [7, 11) is 0. The number of ether oxygens (including phenoxy) is 3. The van der Waals surface area contributed by atoms with E-state index in [9.17, 15) is 14.4 Å². The molecule has 0 N–H and O–H groups in total. The van der Waals surface area contributed by atoms with Gasteiger partial charge in [-0.2, -0.15) is 0 Å². The number of unbranched alkanes of at least 4 members (excludes halogenated alkanes) is 44. The van der Waals surface area contributed by atoms with Gasteiger partial charge in [-0.3, -0.25) is 14.4 Å². The van der Waals surface area contributed by atoms with Crippen molar-refractivity contribution in [2.75, 3.05) is 13.2 Å². The average molecular weight is 1080 g/mol. The van der Waals surface area contributed by atoms with E-state index < -0.39 is 6.10 Å². The van der Waals surface area contributed by atoms with Crippen molar-refractivity contribution in [1.82, 2.24) is 0 Å². The third-order valence-electron chi connectivity index (χ3n) is 15.3. The van der Waals surface area contributed by atoms with Gasteiger partial charge < -0.3 is 14.2 Å². The molecule has 0 aromatic heterocycles. The van der Waals surface area contributed by atoms with Gasteiger partial charge in [0.2, 0.25) is 0 Å². The third-order valence-corrected chi connectivity index (χ3v) is 15.3. The van der Waals surface area contributed by atoms with Gasteiger partial charge in [0.15, 0.2) is 6.10 Å². The minimum atomic E-state index is -0.773. The van der Waals surface area contributed by atoms with Gasteiger partial charge in [0.25, 0.3) is 0 Å². The predicted molar refractivity (Wildman–Crippen MR) is 335 cm³/mol. The number of carbonyl (C=O) groups excluding carboxylic acids is 3. The molecule has 0 heterocycles. The highest BCUT2D eigenvalue weighted by molar-refractivity contribution is 5.71. The smallest absolute Gasteiger partial charge is 0.306 e. The highest BCUT2D eigenvalue weighted by Crippen LogP contribution is 2.18. The molecule has 1 unspecified atom stereocenters. The minimum Gasteiger partial charge on any atom is -0.462 e. The standard InChI is InChI=1S/C71H130O6/c1-4-7-10-13-16-19-22-25-27-29-31-32-33-34-35-36-37-38-40-41-43-46-49-52-55-58-61-64-70(73)76-67-68(66-75-69(72)63-60-57-54-51-48-45-24-21-18-15-12-9-6-3)77-71(74)65-62-59-56-53-50-47-44-42-39-30-28-26-23-20-17-14-11-8-5-2/h17,20,22,25-26,28-29,31,68H,4-16,18-19,21,23-24,27,30,32-67H2,1-3H3/b20-17-,25-22-,28-26-,31-29-. The van der Waals surface area contributed by atoms with E-state index in [2.05, 4.69) is 69.4 Å². The molecule has 0 rings (SSSR count). The van der Waals surface area contributed by atoms with E-state index in [1.54, 1.807) is 0 Å². The molecule has 0 spiro atoms. The lowest BCUT2D eigenvalue weighted by molar-refractivity contribution is -0.167. The van der Waals surface area contributed by atoms with Gasteiger partial charge >= 0.3 is 17.9 Å². The molecule has 0 aliphatic heterocycles. The minimum absolute atomic E-state index is 0.0700. The fourth-order valence-electron chi connectivity index (χ4n) is 10.2. The summed E-state index contributed by atoms with van der Waals surface area (Å²) in [4.78, 5) is 38.4. The maximum Gasteiger partial charge on any atom is 0.306 e. The molecule has 0 aromatic carbocycles. The van der Waals surface area contributed by atoms with Crippen molar-refractivity contribution in [1.29, 1.82) is 0 Å². The highest BCUT2D eigenvalue weighted by Gasteiger charge is 2.19.